The number of aryl methyl sites for hydroxylation is 1. The Morgan fingerprint density at radius 1 is 1.35 bits per heavy atom. The Hall–Kier alpha value is -1.62. The maximum Gasteiger partial charge on any atom is 0.128 e. The van der Waals surface area contributed by atoms with E-state index in [1.807, 2.05) is 23.1 Å². The molecule has 0 saturated heterocycles. The lowest BCUT2D eigenvalue weighted by Gasteiger charge is -2.25. The van der Waals surface area contributed by atoms with Crippen molar-refractivity contribution in [1.82, 2.24) is 19.8 Å². The Bertz CT molecular complexity index is 463. The van der Waals surface area contributed by atoms with E-state index in [1.165, 1.54) is 5.56 Å². The van der Waals surface area contributed by atoms with Gasteiger partial charge < -0.3 is 4.52 Å². The second kappa shape index (κ2) is 4.71. The average Bonchev–Trinajstić information content (AvgIpc) is 2.98. The summed E-state index contributed by atoms with van der Waals surface area (Å²) in [6, 6.07) is 1.96. The maximum absolute atomic E-state index is 4.99. The van der Waals surface area contributed by atoms with Gasteiger partial charge in [0.2, 0.25) is 0 Å². The lowest BCUT2D eigenvalue weighted by Crippen LogP contribution is -2.31. The van der Waals surface area contributed by atoms with Crippen LogP contribution in [0, 0.1) is 0 Å². The monoisotopic (exact) mass is 232 g/mol. The molecule has 0 amide bonds. The van der Waals surface area contributed by atoms with Crippen LogP contribution in [0.25, 0.3) is 0 Å². The maximum atomic E-state index is 4.99. The highest BCUT2D eigenvalue weighted by molar-refractivity contribution is 5.17. The molecule has 0 bridgehead atoms. The fourth-order valence-electron chi connectivity index (χ4n) is 2.28. The summed E-state index contributed by atoms with van der Waals surface area (Å²) in [4.78, 5) is 2.45. The van der Waals surface area contributed by atoms with E-state index in [1.54, 1.807) is 6.26 Å². The van der Waals surface area contributed by atoms with Crippen LogP contribution in [0.5, 0.6) is 0 Å². The summed E-state index contributed by atoms with van der Waals surface area (Å²) < 4.78 is 6.97. The second-order valence-corrected chi connectivity index (χ2v) is 4.44. The Morgan fingerprint density at radius 2 is 2.35 bits per heavy atom. The first-order valence-electron chi connectivity index (χ1n) is 6.04. The molecule has 0 aromatic carbocycles. The molecule has 0 radical (unpaired) electrons. The molecule has 5 nitrogen and oxygen atoms in total. The molecule has 2 aromatic rings. The Labute approximate surface area is 100 Å². The molecule has 0 N–H and O–H groups in total. The molecule has 1 aliphatic rings. The summed E-state index contributed by atoms with van der Waals surface area (Å²) in [6.07, 6.45) is 7.74. The van der Waals surface area contributed by atoms with Gasteiger partial charge >= 0.3 is 0 Å². The van der Waals surface area contributed by atoms with Crippen molar-refractivity contribution in [3.05, 3.63) is 36.0 Å². The van der Waals surface area contributed by atoms with Gasteiger partial charge in [-0.3, -0.25) is 9.58 Å². The Balaban J connectivity index is 1.48. The van der Waals surface area contributed by atoms with E-state index in [0.717, 1.165) is 44.7 Å². The highest BCUT2D eigenvalue weighted by atomic mass is 16.5. The third kappa shape index (κ3) is 2.39. The zero-order valence-corrected chi connectivity index (χ0v) is 9.75. The smallest absolute Gasteiger partial charge is 0.128 e. The molecule has 5 heteroatoms. The van der Waals surface area contributed by atoms with E-state index in [-0.39, 0.29) is 0 Å². The van der Waals surface area contributed by atoms with E-state index < -0.39 is 0 Å². The first-order chi connectivity index (χ1) is 8.42. The molecule has 0 unspecified atom stereocenters. The van der Waals surface area contributed by atoms with Gasteiger partial charge in [0.05, 0.1) is 5.69 Å². The molecule has 0 saturated carbocycles. The van der Waals surface area contributed by atoms with Crippen LogP contribution in [0.15, 0.2) is 29.2 Å². The van der Waals surface area contributed by atoms with E-state index in [0.29, 0.717) is 0 Å². The molecule has 0 aliphatic carbocycles. The van der Waals surface area contributed by atoms with E-state index >= 15 is 0 Å². The van der Waals surface area contributed by atoms with Crippen LogP contribution in [-0.2, 0) is 19.5 Å². The van der Waals surface area contributed by atoms with Crippen molar-refractivity contribution in [3.8, 4) is 0 Å². The van der Waals surface area contributed by atoms with Crippen molar-refractivity contribution in [2.45, 2.75) is 25.9 Å². The van der Waals surface area contributed by atoms with Crippen molar-refractivity contribution in [2.24, 2.45) is 0 Å². The molecule has 2 aromatic heterocycles. The summed E-state index contributed by atoms with van der Waals surface area (Å²) in [6.45, 7) is 4.14. The van der Waals surface area contributed by atoms with Gasteiger partial charge in [-0.2, -0.15) is 5.10 Å². The minimum Gasteiger partial charge on any atom is -0.364 e. The molecule has 90 valence electrons. The molecule has 0 fully saturated rings. The summed E-state index contributed by atoms with van der Waals surface area (Å²) in [5.41, 5.74) is 2.38. The Kier molecular flexibility index (Phi) is 2.92. The van der Waals surface area contributed by atoms with Crippen LogP contribution in [0.1, 0.15) is 17.7 Å². The summed E-state index contributed by atoms with van der Waals surface area (Å²) >= 11 is 0. The van der Waals surface area contributed by atoms with Gasteiger partial charge in [0.25, 0.3) is 0 Å². The zero-order chi connectivity index (χ0) is 11.5. The third-order valence-corrected chi connectivity index (χ3v) is 3.21. The first kappa shape index (κ1) is 10.5. The lowest BCUT2D eigenvalue weighted by atomic mass is 10.1. The third-order valence-electron chi connectivity index (χ3n) is 3.21. The van der Waals surface area contributed by atoms with Gasteiger partial charge in [0.15, 0.2) is 0 Å². The fraction of sp³-hybridized carbons (Fsp3) is 0.500. The topological polar surface area (TPSA) is 47.1 Å². The molecule has 1 aliphatic heterocycles. The van der Waals surface area contributed by atoms with E-state index in [9.17, 15) is 0 Å². The fourth-order valence-corrected chi connectivity index (χ4v) is 2.28. The van der Waals surface area contributed by atoms with Gasteiger partial charge in [0, 0.05) is 50.6 Å². The molecule has 3 rings (SSSR count). The van der Waals surface area contributed by atoms with E-state index in [2.05, 4.69) is 15.2 Å². The standard InChI is InChI=1S/C12H16N4O/c1-4-13-16(6-1)7-2-5-15-8-3-12-11(9-15)10-17-14-12/h1,4,6,10H,2-3,5,7-9H2. The molecule has 3 heterocycles. The molecule has 0 atom stereocenters. The van der Waals surface area contributed by atoms with Crippen LogP contribution in [0.3, 0.4) is 0 Å². The predicted octanol–water partition coefficient (Wildman–Crippen LogP) is 1.32. The molecule has 17 heavy (non-hydrogen) atoms. The van der Waals surface area contributed by atoms with Crippen molar-refractivity contribution in [3.63, 3.8) is 0 Å². The average molecular weight is 232 g/mol. The van der Waals surface area contributed by atoms with Crippen molar-refractivity contribution >= 4 is 0 Å². The summed E-state index contributed by atoms with van der Waals surface area (Å²) in [7, 11) is 0. The SMILES string of the molecule is c1cnn(CCCN2CCc3nocc3C2)c1. The molecule has 0 spiro atoms. The quantitative estimate of drug-likeness (QED) is 0.797. The van der Waals surface area contributed by atoms with Crippen LogP contribution >= 0.6 is 0 Å². The largest absolute Gasteiger partial charge is 0.364 e. The molecular weight excluding hydrogens is 216 g/mol. The number of hydrogen-bond acceptors (Lipinski definition) is 4. The van der Waals surface area contributed by atoms with Crippen LogP contribution in [0.4, 0.5) is 0 Å². The van der Waals surface area contributed by atoms with Crippen molar-refractivity contribution in [1.29, 1.82) is 0 Å². The number of hydrogen-bond donors (Lipinski definition) is 0. The predicted molar refractivity (Wildman–Crippen MR) is 62.3 cm³/mol. The van der Waals surface area contributed by atoms with Crippen molar-refractivity contribution in [2.75, 3.05) is 13.1 Å². The summed E-state index contributed by atoms with van der Waals surface area (Å²) in [5.74, 6) is 0. The van der Waals surface area contributed by atoms with Crippen molar-refractivity contribution < 1.29 is 4.52 Å². The number of aromatic nitrogens is 3. The van der Waals surface area contributed by atoms with Gasteiger partial charge in [-0.05, 0) is 12.5 Å². The highest BCUT2D eigenvalue weighted by Gasteiger charge is 2.18. The Morgan fingerprint density at radius 3 is 3.24 bits per heavy atom. The van der Waals surface area contributed by atoms with Crippen LogP contribution in [-0.4, -0.2) is 32.9 Å². The highest BCUT2D eigenvalue weighted by Crippen LogP contribution is 2.17. The minimum atomic E-state index is 0.970. The molecular formula is C12H16N4O. The van der Waals surface area contributed by atoms with E-state index in [4.69, 9.17) is 4.52 Å². The summed E-state index contributed by atoms with van der Waals surface area (Å²) in [5, 5.41) is 8.20. The number of nitrogens with zero attached hydrogens (tertiary/aromatic N) is 4. The number of fused-ring (bicyclic) bond motifs is 1. The normalized spacial score (nSPS) is 16.0. The first-order valence-corrected chi connectivity index (χ1v) is 6.04. The van der Waals surface area contributed by atoms with Gasteiger partial charge in [-0.15, -0.1) is 0 Å². The van der Waals surface area contributed by atoms with Crippen LogP contribution in [0.2, 0.25) is 0 Å². The van der Waals surface area contributed by atoms with Gasteiger partial charge in [-0.1, -0.05) is 5.16 Å². The zero-order valence-electron chi connectivity index (χ0n) is 9.75. The second-order valence-electron chi connectivity index (χ2n) is 4.44. The lowest BCUT2D eigenvalue weighted by molar-refractivity contribution is 0.244. The van der Waals surface area contributed by atoms with Gasteiger partial charge in [0.1, 0.15) is 6.26 Å². The minimum absolute atomic E-state index is 0.970. The van der Waals surface area contributed by atoms with Gasteiger partial charge in [-0.25, -0.2) is 0 Å². The van der Waals surface area contributed by atoms with Crippen LogP contribution < -0.4 is 0 Å². The number of rotatable bonds is 4.